The Balaban J connectivity index is 1.56. The van der Waals surface area contributed by atoms with Crippen molar-refractivity contribution in [3.8, 4) is 11.5 Å². The number of ether oxygens (including phenoxy) is 1. The quantitative estimate of drug-likeness (QED) is 0.630. The monoisotopic (exact) mass is 375 g/mol. The van der Waals surface area contributed by atoms with Crippen LogP contribution in [0.15, 0.2) is 60.7 Å². The minimum Gasteiger partial charge on any atom is -0.457 e. The van der Waals surface area contributed by atoms with Crippen LogP contribution in [0.3, 0.4) is 0 Å². The highest BCUT2D eigenvalue weighted by atomic mass is 16.5. The summed E-state index contributed by atoms with van der Waals surface area (Å²) in [5.74, 6) is 1.57. The van der Waals surface area contributed by atoms with Crippen molar-refractivity contribution >= 4 is 11.7 Å². The molecule has 2 aromatic carbocycles. The Morgan fingerprint density at radius 1 is 0.964 bits per heavy atom. The molecule has 0 saturated heterocycles. The average Bonchev–Trinajstić information content (AvgIpc) is 2.69. The lowest BCUT2D eigenvalue weighted by Crippen LogP contribution is -2.24. The van der Waals surface area contributed by atoms with E-state index in [1.54, 1.807) is 12.1 Å². The van der Waals surface area contributed by atoms with Crippen LogP contribution in [0.4, 0.5) is 5.82 Å². The summed E-state index contributed by atoms with van der Waals surface area (Å²) in [6.45, 7) is 4.40. The highest BCUT2D eigenvalue weighted by molar-refractivity contribution is 5.98. The fraction of sp³-hybridized carbons (Fsp3) is 0.217. The number of amides is 1. The van der Waals surface area contributed by atoms with E-state index in [-0.39, 0.29) is 11.7 Å². The van der Waals surface area contributed by atoms with Gasteiger partial charge >= 0.3 is 0 Å². The molecule has 0 fully saturated rings. The summed E-state index contributed by atoms with van der Waals surface area (Å²) in [5, 5.41) is 2.86. The Morgan fingerprint density at radius 3 is 2.14 bits per heavy atom. The molecule has 0 saturated carbocycles. The van der Waals surface area contributed by atoms with Crippen LogP contribution in [-0.2, 0) is 13.0 Å². The number of carbonyl (C=O) groups is 1. The largest absolute Gasteiger partial charge is 0.457 e. The molecule has 1 heterocycles. The van der Waals surface area contributed by atoms with Crippen molar-refractivity contribution in [2.45, 2.75) is 33.2 Å². The van der Waals surface area contributed by atoms with Crippen LogP contribution < -0.4 is 15.8 Å². The molecule has 0 spiro atoms. The molecule has 3 aromatic rings. The van der Waals surface area contributed by atoms with Gasteiger partial charge in [-0.25, -0.2) is 4.98 Å². The van der Waals surface area contributed by atoms with Gasteiger partial charge in [-0.2, -0.15) is 0 Å². The van der Waals surface area contributed by atoms with Crippen molar-refractivity contribution in [3.63, 3.8) is 0 Å². The smallest absolute Gasteiger partial charge is 0.255 e. The Bertz CT molecular complexity index is 935. The molecule has 0 bridgehead atoms. The first-order valence-corrected chi connectivity index (χ1v) is 9.42. The van der Waals surface area contributed by atoms with Gasteiger partial charge in [-0.05, 0) is 60.9 Å². The third-order valence-electron chi connectivity index (χ3n) is 4.38. The van der Waals surface area contributed by atoms with Crippen LogP contribution in [0.5, 0.6) is 11.5 Å². The minimum absolute atomic E-state index is 0.238. The SMILES string of the molecule is CCCc1ccc(Oc2ccc(CNC(=O)c3ccc(C)nc3N)cc2)cc1. The molecular weight excluding hydrogens is 350 g/mol. The molecule has 5 heteroatoms. The van der Waals surface area contributed by atoms with E-state index in [4.69, 9.17) is 10.5 Å². The second-order valence-corrected chi connectivity index (χ2v) is 6.71. The summed E-state index contributed by atoms with van der Waals surface area (Å²) in [6.07, 6.45) is 2.20. The van der Waals surface area contributed by atoms with Crippen molar-refractivity contribution in [1.29, 1.82) is 0 Å². The van der Waals surface area contributed by atoms with Crippen LogP contribution in [0.2, 0.25) is 0 Å². The Morgan fingerprint density at radius 2 is 1.57 bits per heavy atom. The molecule has 0 aliphatic heterocycles. The number of nitrogens with two attached hydrogens (primary N) is 1. The number of benzene rings is 2. The van der Waals surface area contributed by atoms with Crippen LogP contribution in [0.25, 0.3) is 0 Å². The zero-order chi connectivity index (χ0) is 19.9. The number of nitrogens with one attached hydrogen (secondary N) is 1. The highest BCUT2D eigenvalue weighted by Gasteiger charge is 2.10. The van der Waals surface area contributed by atoms with Crippen LogP contribution >= 0.6 is 0 Å². The van der Waals surface area contributed by atoms with Gasteiger partial charge in [-0.15, -0.1) is 0 Å². The number of carbonyl (C=O) groups excluding carboxylic acids is 1. The first-order chi connectivity index (χ1) is 13.5. The van der Waals surface area contributed by atoms with Crippen molar-refractivity contribution in [3.05, 3.63) is 83.0 Å². The number of nitrogen functional groups attached to an aromatic ring is 1. The Hall–Kier alpha value is -3.34. The van der Waals surface area contributed by atoms with Gasteiger partial charge in [0.2, 0.25) is 0 Å². The zero-order valence-electron chi connectivity index (χ0n) is 16.2. The number of hydrogen-bond donors (Lipinski definition) is 2. The summed E-state index contributed by atoms with van der Waals surface area (Å²) in [7, 11) is 0. The molecule has 28 heavy (non-hydrogen) atoms. The van der Waals surface area contributed by atoms with Crippen molar-refractivity contribution in [1.82, 2.24) is 10.3 Å². The fourth-order valence-corrected chi connectivity index (χ4v) is 2.87. The van der Waals surface area contributed by atoms with Gasteiger partial charge in [0.25, 0.3) is 5.91 Å². The average molecular weight is 375 g/mol. The van der Waals surface area contributed by atoms with Crippen molar-refractivity contribution in [2.75, 3.05) is 5.73 Å². The second kappa shape index (κ2) is 9.04. The summed E-state index contributed by atoms with van der Waals surface area (Å²) < 4.78 is 5.88. The number of rotatable bonds is 7. The van der Waals surface area contributed by atoms with E-state index in [2.05, 4.69) is 29.4 Å². The molecule has 0 aliphatic rings. The number of hydrogen-bond acceptors (Lipinski definition) is 4. The van der Waals surface area contributed by atoms with Gasteiger partial charge in [-0.1, -0.05) is 37.6 Å². The lowest BCUT2D eigenvalue weighted by molar-refractivity contribution is 0.0951. The van der Waals surface area contributed by atoms with Crippen LogP contribution in [-0.4, -0.2) is 10.9 Å². The first kappa shape index (κ1) is 19.4. The molecule has 5 nitrogen and oxygen atoms in total. The third kappa shape index (κ3) is 5.10. The number of aryl methyl sites for hydroxylation is 2. The van der Waals surface area contributed by atoms with Gasteiger partial charge in [0.15, 0.2) is 0 Å². The normalized spacial score (nSPS) is 10.5. The van der Waals surface area contributed by atoms with Crippen LogP contribution in [0.1, 0.15) is 40.5 Å². The molecule has 3 N–H and O–H groups in total. The van der Waals surface area contributed by atoms with E-state index >= 15 is 0 Å². The second-order valence-electron chi connectivity index (χ2n) is 6.71. The van der Waals surface area contributed by atoms with E-state index < -0.39 is 0 Å². The van der Waals surface area contributed by atoms with E-state index in [1.807, 2.05) is 43.3 Å². The first-order valence-electron chi connectivity index (χ1n) is 9.42. The predicted molar refractivity (Wildman–Crippen MR) is 112 cm³/mol. The predicted octanol–water partition coefficient (Wildman–Crippen LogP) is 4.65. The van der Waals surface area contributed by atoms with E-state index in [9.17, 15) is 4.79 Å². The van der Waals surface area contributed by atoms with Gasteiger partial charge < -0.3 is 15.8 Å². The molecule has 0 aliphatic carbocycles. The molecule has 3 rings (SSSR count). The Kier molecular flexibility index (Phi) is 6.27. The number of anilines is 1. The Labute approximate surface area is 165 Å². The van der Waals surface area contributed by atoms with Gasteiger partial charge in [0.05, 0.1) is 5.56 Å². The summed E-state index contributed by atoms with van der Waals surface area (Å²) >= 11 is 0. The summed E-state index contributed by atoms with van der Waals surface area (Å²) in [4.78, 5) is 16.4. The van der Waals surface area contributed by atoms with Gasteiger partial charge in [-0.3, -0.25) is 4.79 Å². The van der Waals surface area contributed by atoms with E-state index in [1.165, 1.54) is 5.56 Å². The van der Waals surface area contributed by atoms with Crippen molar-refractivity contribution < 1.29 is 9.53 Å². The molecule has 1 amide bonds. The van der Waals surface area contributed by atoms with E-state index in [0.717, 1.165) is 35.6 Å². The number of aromatic nitrogens is 1. The zero-order valence-corrected chi connectivity index (χ0v) is 16.2. The lowest BCUT2D eigenvalue weighted by atomic mass is 10.1. The topological polar surface area (TPSA) is 77.2 Å². The summed E-state index contributed by atoms with van der Waals surface area (Å²) in [5.41, 5.74) is 9.27. The molecule has 1 aromatic heterocycles. The number of nitrogens with zero attached hydrogens (tertiary/aromatic N) is 1. The van der Waals surface area contributed by atoms with Gasteiger partial charge in [0, 0.05) is 12.2 Å². The maximum Gasteiger partial charge on any atom is 0.255 e. The molecule has 0 atom stereocenters. The number of pyridine rings is 1. The van der Waals surface area contributed by atoms with Crippen LogP contribution in [0, 0.1) is 6.92 Å². The lowest BCUT2D eigenvalue weighted by Gasteiger charge is -2.09. The highest BCUT2D eigenvalue weighted by Crippen LogP contribution is 2.22. The standard InChI is InChI=1S/C23H25N3O2/c1-3-4-17-6-10-19(11-7-17)28-20-12-8-18(9-13-20)15-25-23(27)21-14-5-16(2)26-22(21)24/h5-14H,3-4,15H2,1-2H3,(H2,24,26)(H,25,27). The van der Waals surface area contributed by atoms with Crippen molar-refractivity contribution in [2.24, 2.45) is 0 Å². The maximum atomic E-state index is 12.3. The molecule has 0 radical (unpaired) electrons. The molecule has 144 valence electrons. The third-order valence-corrected chi connectivity index (χ3v) is 4.38. The van der Waals surface area contributed by atoms with E-state index in [0.29, 0.717) is 12.1 Å². The minimum atomic E-state index is -0.238. The van der Waals surface area contributed by atoms with Gasteiger partial charge in [0.1, 0.15) is 17.3 Å². The molecular formula is C23H25N3O2. The maximum absolute atomic E-state index is 12.3. The molecule has 0 unspecified atom stereocenters. The summed E-state index contributed by atoms with van der Waals surface area (Å²) in [6, 6.07) is 19.3. The fourth-order valence-electron chi connectivity index (χ4n) is 2.87.